The van der Waals surface area contributed by atoms with Crippen molar-refractivity contribution in [3.05, 3.63) is 52.9 Å². The third-order valence-electron chi connectivity index (χ3n) is 2.76. The summed E-state index contributed by atoms with van der Waals surface area (Å²) in [6.45, 7) is 0.553. The molecule has 2 heterocycles. The standard InChI is InChI=1S/C14H15ClN4O/c1-16-13-9-11(8-12(15)19-13)14(20)18-7-4-10-2-5-17-6-3-10/h2-3,5-6,8-9H,4,7H2,1H3,(H,16,19)(H,18,20). The van der Waals surface area contributed by atoms with Crippen molar-refractivity contribution in [2.75, 3.05) is 18.9 Å². The van der Waals surface area contributed by atoms with E-state index in [0.717, 1.165) is 12.0 Å². The lowest BCUT2D eigenvalue weighted by atomic mass is 10.2. The molecule has 0 aliphatic rings. The largest absolute Gasteiger partial charge is 0.373 e. The van der Waals surface area contributed by atoms with Crippen LogP contribution in [-0.4, -0.2) is 29.5 Å². The van der Waals surface area contributed by atoms with Crippen LogP contribution >= 0.6 is 11.6 Å². The first-order valence-corrected chi connectivity index (χ1v) is 6.59. The van der Waals surface area contributed by atoms with E-state index < -0.39 is 0 Å². The van der Waals surface area contributed by atoms with Crippen LogP contribution in [0, 0.1) is 0 Å². The van der Waals surface area contributed by atoms with Crippen molar-refractivity contribution < 1.29 is 4.79 Å². The molecule has 0 saturated carbocycles. The summed E-state index contributed by atoms with van der Waals surface area (Å²) in [7, 11) is 1.73. The Kier molecular flexibility index (Phi) is 4.90. The summed E-state index contributed by atoms with van der Waals surface area (Å²) in [5.41, 5.74) is 1.62. The van der Waals surface area contributed by atoms with Gasteiger partial charge in [0.2, 0.25) is 0 Å². The average Bonchev–Trinajstić information content (AvgIpc) is 2.47. The lowest BCUT2D eigenvalue weighted by Gasteiger charge is -2.07. The second-order valence-electron chi connectivity index (χ2n) is 4.18. The van der Waals surface area contributed by atoms with E-state index in [1.165, 1.54) is 0 Å². The molecule has 2 N–H and O–H groups in total. The molecule has 20 heavy (non-hydrogen) atoms. The van der Waals surface area contributed by atoms with Crippen molar-refractivity contribution in [3.63, 3.8) is 0 Å². The van der Waals surface area contributed by atoms with Crippen molar-refractivity contribution in [1.29, 1.82) is 0 Å². The highest BCUT2D eigenvalue weighted by molar-refractivity contribution is 6.29. The van der Waals surface area contributed by atoms with Gasteiger partial charge in [-0.05, 0) is 36.2 Å². The number of carbonyl (C=O) groups is 1. The molecule has 6 heteroatoms. The molecule has 0 radical (unpaired) electrons. The highest BCUT2D eigenvalue weighted by atomic mass is 35.5. The summed E-state index contributed by atoms with van der Waals surface area (Å²) >= 11 is 5.86. The van der Waals surface area contributed by atoms with Crippen LogP contribution in [0.15, 0.2) is 36.7 Å². The van der Waals surface area contributed by atoms with Crippen LogP contribution in [0.5, 0.6) is 0 Å². The number of rotatable bonds is 5. The van der Waals surface area contributed by atoms with Gasteiger partial charge in [-0.3, -0.25) is 9.78 Å². The molecule has 0 fully saturated rings. The summed E-state index contributed by atoms with van der Waals surface area (Å²) < 4.78 is 0. The number of aromatic nitrogens is 2. The van der Waals surface area contributed by atoms with Gasteiger partial charge in [-0.2, -0.15) is 0 Å². The van der Waals surface area contributed by atoms with E-state index in [1.54, 1.807) is 31.6 Å². The molecule has 0 aliphatic heterocycles. The fourth-order valence-corrected chi connectivity index (χ4v) is 1.94. The van der Waals surface area contributed by atoms with Crippen molar-refractivity contribution in [2.24, 2.45) is 0 Å². The third-order valence-corrected chi connectivity index (χ3v) is 2.95. The minimum atomic E-state index is -0.167. The van der Waals surface area contributed by atoms with Crippen LogP contribution in [0.4, 0.5) is 5.82 Å². The normalized spacial score (nSPS) is 10.1. The SMILES string of the molecule is CNc1cc(C(=O)NCCc2ccncc2)cc(Cl)n1. The minimum absolute atomic E-state index is 0.167. The Morgan fingerprint density at radius 1 is 1.30 bits per heavy atom. The van der Waals surface area contributed by atoms with Gasteiger partial charge in [0.25, 0.3) is 5.91 Å². The second kappa shape index (κ2) is 6.86. The predicted molar refractivity (Wildman–Crippen MR) is 79.1 cm³/mol. The molecule has 0 atom stereocenters. The minimum Gasteiger partial charge on any atom is -0.373 e. The van der Waals surface area contributed by atoms with Crippen molar-refractivity contribution >= 4 is 23.3 Å². The molecule has 1 amide bonds. The molecule has 104 valence electrons. The van der Waals surface area contributed by atoms with E-state index in [2.05, 4.69) is 20.6 Å². The number of hydrogen-bond donors (Lipinski definition) is 2. The Morgan fingerprint density at radius 2 is 2.05 bits per heavy atom. The smallest absolute Gasteiger partial charge is 0.251 e. The molecule has 0 saturated heterocycles. The van der Waals surface area contributed by atoms with Crippen LogP contribution in [0.3, 0.4) is 0 Å². The van der Waals surface area contributed by atoms with Crippen LogP contribution < -0.4 is 10.6 Å². The van der Waals surface area contributed by atoms with Gasteiger partial charge in [0.1, 0.15) is 11.0 Å². The van der Waals surface area contributed by atoms with Crippen molar-refractivity contribution in [1.82, 2.24) is 15.3 Å². The molecular weight excluding hydrogens is 276 g/mol. The number of pyridine rings is 2. The highest BCUT2D eigenvalue weighted by Crippen LogP contribution is 2.14. The topological polar surface area (TPSA) is 66.9 Å². The third kappa shape index (κ3) is 3.93. The van der Waals surface area contributed by atoms with Gasteiger partial charge >= 0.3 is 0 Å². The molecule has 0 unspecified atom stereocenters. The average molecular weight is 291 g/mol. The van der Waals surface area contributed by atoms with E-state index >= 15 is 0 Å². The van der Waals surface area contributed by atoms with Gasteiger partial charge in [-0.1, -0.05) is 11.6 Å². The number of carbonyl (C=O) groups excluding carboxylic acids is 1. The number of amides is 1. The summed E-state index contributed by atoms with van der Waals surface area (Å²) in [4.78, 5) is 20.0. The first-order chi connectivity index (χ1) is 9.69. The zero-order chi connectivity index (χ0) is 14.4. The van der Waals surface area contributed by atoms with Gasteiger partial charge in [0, 0.05) is 31.5 Å². The monoisotopic (exact) mass is 290 g/mol. The van der Waals surface area contributed by atoms with Crippen LogP contribution in [0.25, 0.3) is 0 Å². The Bertz CT molecular complexity index is 589. The Labute approximate surface area is 122 Å². The van der Waals surface area contributed by atoms with E-state index in [0.29, 0.717) is 17.9 Å². The molecule has 0 aliphatic carbocycles. The molecule has 5 nitrogen and oxygen atoms in total. The number of anilines is 1. The van der Waals surface area contributed by atoms with Crippen LogP contribution in [-0.2, 0) is 6.42 Å². The van der Waals surface area contributed by atoms with E-state index in [4.69, 9.17) is 11.6 Å². The van der Waals surface area contributed by atoms with Gasteiger partial charge in [0.05, 0.1) is 0 Å². The number of hydrogen-bond acceptors (Lipinski definition) is 4. The van der Waals surface area contributed by atoms with Gasteiger partial charge in [0.15, 0.2) is 0 Å². The van der Waals surface area contributed by atoms with Crippen molar-refractivity contribution in [2.45, 2.75) is 6.42 Å². The molecule has 0 spiro atoms. The van der Waals surface area contributed by atoms with Gasteiger partial charge in [-0.25, -0.2) is 4.98 Å². The molecule has 2 aromatic heterocycles. The van der Waals surface area contributed by atoms with Crippen LogP contribution in [0.1, 0.15) is 15.9 Å². The Hall–Kier alpha value is -2.14. The summed E-state index contributed by atoms with van der Waals surface area (Å²) in [6, 6.07) is 7.06. The second-order valence-corrected chi connectivity index (χ2v) is 4.56. The predicted octanol–water partition coefficient (Wildman–Crippen LogP) is 2.14. The Morgan fingerprint density at radius 3 is 2.75 bits per heavy atom. The lowest BCUT2D eigenvalue weighted by molar-refractivity contribution is 0.0954. The van der Waals surface area contributed by atoms with Gasteiger partial charge < -0.3 is 10.6 Å². The van der Waals surface area contributed by atoms with E-state index in [9.17, 15) is 4.79 Å². The quantitative estimate of drug-likeness (QED) is 0.828. The highest BCUT2D eigenvalue weighted by Gasteiger charge is 2.08. The zero-order valence-electron chi connectivity index (χ0n) is 11.1. The lowest BCUT2D eigenvalue weighted by Crippen LogP contribution is -2.25. The fourth-order valence-electron chi connectivity index (χ4n) is 1.73. The Balaban J connectivity index is 1.93. The number of halogens is 1. The maximum atomic E-state index is 12.0. The fraction of sp³-hybridized carbons (Fsp3) is 0.214. The zero-order valence-corrected chi connectivity index (χ0v) is 11.8. The summed E-state index contributed by atoms with van der Waals surface area (Å²) in [6.07, 6.45) is 4.23. The molecule has 2 rings (SSSR count). The summed E-state index contributed by atoms with van der Waals surface area (Å²) in [5.74, 6) is 0.400. The van der Waals surface area contributed by atoms with Crippen LogP contribution in [0.2, 0.25) is 5.15 Å². The summed E-state index contributed by atoms with van der Waals surface area (Å²) in [5, 5.41) is 6.00. The maximum Gasteiger partial charge on any atom is 0.251 e. The maximum absolute atomic E-state index is 12.0. The van der Waals surface area contributed by atoms with Crippen molar-refractivity contribution in [3.8, 4) is 0 Å². The molecule has 0 aromatic carbocycles. The molecular formula is C14H15ClN4O. The number of nitrogens with one attached hydrogen (secondary N) is 2. The van der Waals surface area contributed by atoms with E-state index in [-0.39, 0.29) is 11.1 Å². The molecule has 2 aromatic rings. The number of nitrogens with zero attached hydrogens (tertiary/aromatic N) is 2. The first-order valence-electron chi connectivity index (χ1n) is 6.21. The van der Waals surface area contributed by atoms with Gasteiger partial charge in [-0.15, -0.1) is 0 Å². The molecule has 0 bridgehead atoms. The van der Waals surface area contributed by atoms with E-state index in [1.807, 2.05) is 12.1 Å². The first kappa shape index (κ1) is 14.3.